The first-order valence-electron chi connectivity index (χ1n) is 9.65. The van der Waals surface area contributed by atoms with Crippen molar-refractivity contribution in [1.29, 1.82) is 0 Å². The van der Waals surface area contributed by atoms with Crippen LogP contribution in [0, 0.1) is 0 Å². The number of nitrogens with zero attached hydrogens (tertiary/aromatic N) is 4. The predicted molar refractivity (Wildman–Crippen MR) is 104 cm³/mol. The van der Waals surface area contributed by atoms with Gasteiger partial charge in [-0.15, -0.1) is 0 Å². The van der Waals surface area contributed by atoms with Gasteiger partial charge in [-0.25, -0.2) is 9.78 Å². The molecule has 0 radical (unpaired) electrons. The zero-order valence-corrected chi connectivity index (χ0v) is 16.7. The highest BCUT2D eigenvalue weighted by molar-refractivity contribution is 5.79. The van der Waals surface area contributed by atoms with Crippen LogP contribution in [0.5, 0.6) is 0 Å². The van der Waals surface area contributed by atoms with Crippen molar-refractivity contribution in [3.05, 3.63) is 26.7 Å². The second-order valence-corrected chi connectivity index (χ2v) is 7.15. The first-order chi connectivity index (χ1) is 13.9. The number of amides is 2. The molecule has 11 heteroatoms. The normalized spacial score (nSPS) is 14.8. The van der Waals surface area contributed by atoms with E-state index in [1.54, 1.807) is 4.90 Å². The lowest BCUT2D eigenvalue weighted by Crippen LogP contribution is -2.36. The number of fused-ring (bicyclic) bond motifs is 1. The topological polar surface area (TPSA) is 131 Å². The van der Waals surface area contributed by atoms with Crippen LogP contribution in [0.15, 0.2) is 9.59 Å². The standard InChI is InChI=1S/C18H26N6O5/c1-22-16-15(17(27)23(2)18(22)28)20-12(21-16)9-19-13(25)10-29-11-14(26)24-7-5-3-4-6-8-24/h3-11H2,1-2H3,(H,19,25)(H,20,21). The summed E-state index contributed by atoms with van der Waals surface area (Å²) in [5.41, 5.74) is -0.546. The van der Waals surface area contributed by atoms with E-state index >= 15 is 0 Å². The van der Waals surface area contributed by atoms with Gasteiger partial charge in [0.2, 0.25) is 11.8 Å². The van der Waals surface area contributed by atoms with E-state index in [9.17, 15) is 19.2 Å². The molecule has 3 heterocycles. The van der Waals surface area contributed by atoms with Crippen molar-refractivity contribution in [1.82, 2.24) is 29.3 Å². The molecule has 0 unspecified atom stereocenters. The number of aromatic amines is 1. The van der Waals surface area contributed by atoms with Gasteiger partial charge < -0.3 is 19.9 Å². The van der Waals surface area contributed by atoms with Gasteiger partial charge in [-0.2, -0.15) is 0 Å². The first-order valence-corrected chi connectivity index (χ1v) is 9.65. The van der Waals surface area contributed by atoms with Gasteiger partial charge >= 0.3 is 5.69 Å². The van der Waals surface area contributed by atoms with Gasteiger partial charge in [0.1, 0.15) is 24.6 Å². The van der Waals surface area contributed by atoms with Crippen molar-refractivity contribution in [3.63, 3.8) is 0 Å². The number of hydrogen-bond donors (Lipinski definition) is 2. The fraction of sp³-hybridized carbons (Fsp3) is 0.611. The summed E-state index contributed by atoms with van der Waals surface area (Å²) in [6, 6.07) is 0. The minimum Gasteiger partial charge on any atom is -0.362 e. The summed E-state index contributed by atoms with van der Waals surface area (Å²) in [6.45, 7) is 1.13. The van der Waals surface area contributed by atoms with Crippen LogP contribution < -0.4 is 16.6 Å². The third-order valence-electron chi connectivity index (χ3n) is 5.01. The molecule has 1 saturated heterocycles. The van der Waals surface area contributed by atoms with Gasteiger partial charge in [0.15, 0.2) is 5.65 Å². The van der Waals surface area contributed by atoms with Crippen LogP contribution >= 0.6 is 0 Å². The molecule has 1 fully saturated rings. The van der Waals surface area contributed by atoms with E-state index in [1.165, 1.54) is 18.7 Å². The molecule has 0 aliphatic carbocycles. The van der Waals surface area contributed by atoms with Crippen LogP contribution in [-0.4, -0.2) is 62.1 Å². The highest BCUT2D eigenvalue weighted by atomic mass is 16.5. The molecule has 29 heavy (non-hydrogen) atoms. The van der Waals surface area contributed by atoms with Crippen molar-refractivity contribution in [2.45, 2.75) is 32.2 Å². The summed E-state index contributed by atoms with van der Waals surface area (Å²) in [6.07, 6.45) is 4.26. The highest BCUT2D eigenvalue weighted by Gasteiger charge is 2.16. The molecule has 11 nitrogen and oxygen atoms in total. The van der Waals surface area contributed by atoms with Gasteiger partial charge in [0.25, 0.3) is 5.56 Å². The van der Waals surface area contributed by atoms with E-state index in [0.717, 1.165) is 43.3 Å². The second kappa shape index (κ2) is 9.03. The van der Waals surface area contributed by atoms with Crippen LogP contribution in [0.3, 0.4) is 0 Å². The second-order valence-electron chi connectivity index (χ2n) is 7.15. The Hall–Kier alpha value is -2.95. The number of aromatic nitrogens is 4. The Balaban J connectivity index is 1.50. The molecule has 0 spiro atoms. The number of likely N-dealkylation sites (tertiary alicyclic amines) is 1. The van der Waals surface area contributed by atoms with Crippen LogP contribution in [0.2, 0.25) is 0 Å². The van der Waals surface area contributed by atoms with E-state index in [0.29, 0.717) is 5.82 Å². The molecule has 0 bridgehead atoms. The molecule has 2 aromatic heterocycles. The van der Waals surface area contributed by atoms with E-state index < -0.39 is 17.2 Å². The van der Waals surface area contributed by atoms with Crippen LogP contribution in [-0.2, 0) is 35.0 Å². The maximum absolute atomic E-state index is 12.1. The van der Waals surface area contributed by atoms with Gasteiger partial charge in [-0.1, -0.05) is 12.8 Å². The van der Waals surface area contributed by atoms with Crippen LogP contribution in [0.25, 0.3) is 11.2 Å². The molecule has 158 valence electrons. The molecule has 0 atom stereocenters. The highest BCUT2D eigenvalue weighted by Crippen LogP contribution is 2.09. The average Bonchev–Trinajstić information content (AvgIpc) is 2.95. The molecular formula is C18H26N6O5. The summed E-state index contributed by atoms with van der Waals surface area (Å²) in [5.74, 6) is -0.169. The Morgan fingerprint density at radius 1 is 1.07 bits per heavy atom. The summed E-state index contributed by atoms with van der Waals surface area (Å²) in [7, 11) is 2.90. The maximum Gasteiger partial charge on any atom is 0.332 e. The van der Waals surface area contributed by atoms with Crippen LogP contribution in [0.1, 0.15) is 31.5 Å². The third kappa shape index (κ3) is 4.73. The SMILES string of the molecule is Cn1c(=O)c2[nH]c(CNC(=O)COCC(=O)N3CCCCCC3)nc2n(C)c1=O. The Kier molecular flexibility index (Phi) is 6.47. The van der Waals surface area contributed by atoms with Crippen molar-refractivity contribution in [2.24, 2.45) is 14.1 Å². The lowest BCUT2D eigenvalue weighted by Gasteiger charge is -2.19. The van der Waals surface area contributed by atoms with E-state index in [2.05, 4.69) is 15.3 Å². The molecule has 0 saturated carbocycles. The van der Waals surface area contributed by atoms with E-state index in [1.807, 2.05) is 0 Å². The predicted octanol–water partition coefficient (Wildman–Crippen LogP) is -1.00. The fourth-order valence-electron chi connectivity index (χ4n) is 3.33. The zero-order chi connectivity index (χ0) is 21.0. The Morgan fingerprint density at radius 3 is 2.45 bits per heavy atom. The number of hydrogen-bond acceptors (Lipinski definition) is 6. The Labute approximate surface area is 166 Å². The van der Waals surface area contributed by atoms with Gasteiger partial charge in [-0.3, -0.25) is 23.5 Å². The number of rotatable bonds is 6. The van der Waals surface area contributed by atoms with Crippen molar-refractivity contribution in [3.8, 4) is 0 Å². The summed E-state index contributed by atoms with van der Waals surface area (Å²) in [4.78, 5) is 57.0. The Morgan fingerprint density at radius 2 is 1.76 bits per heavy atom. The molecule has 3 rings (SSSR count). The number of carbonyl (C=O) groups excluding carboxylic acids is 2. The fourth-order valence-corrected chi connectivity index (χ4v) is 3.33. The van der Waals surface area contributed by atoms with E-state index in [-0.39, 0.29) is 36.8 Å². The van der Waals surface area contributed by atoms with Gasteiger partial charge in [-0.05, 0) is 12.8 Å². The minimum absolute atomic E-state index is 0.0360. The molecular weight excluding hydrogens is 380 g/mol. The Bertz CT molecular complexity index is 1010. The van der Waals surface area contributed by atoms with Crippen LogP contribution in [0.4, 0.5) is 0 Å². The molecule has 2 aromatic rings. The number of ether oxygens (including phenoxy) is 1. The summed E-state index contributed by atoms with van der Waals surface area (Å²) >= 11 is 0. The molecule has 0 aromatic carbocycles. The largest absolute Gasteiger partial charge is 0.362 e. The van der Waals surface area contributed by atoms with E-state index in [4.69, 9.17) is 4.74 Å². The lowest BCUT2D eigenvalue weighted by molar-refractivity contribution is -0.138. The number of nitrogens with one attached hydrogen (secondary N) is 2. The zero-order valence-electron chi connectivity index (χ0n) is 16.7. The molecule has 2 amide bonds. The molecule has 1 aliphatic rings. The molecule has 1 aliphatic heterocycles. The van der Waals surface area contributed by atoms with Crippen molar-refractivity contribution in [2.75, 3.05) is 26.3 Å². The smallest absolute Gasteiger partial charge is 0.332 e. The van der Waals surface area contributed by atoms with Crippen molar-refractivity contribution >= 4 is 23.0 Å². The number of H-pyrrole nitrogens is 1. The number of carbonyl (C=O) groups is 2. The first kappa shape index (κ1) is 20.8. The maximum atomic E-state index is 12.1. The van der Waals surface area contributed by atoms with Gasteiger partial charge in [0.05, 0.1) is 6.54 Å². The molecule has 2 N–H and O–H groups in total. The quantitative estimate of drug-likeness (QED) is 0.632. The number of aryl methyl sites for hydroxylation is 1. The lowest BCUT2D eigenvalue weighted by atomic mass is 10.2. The minimum atomic E-state index is -0.483. The average molecular weight is 406 g/mol. The van der Waals surface area contributed by atoms with Gasteiger partial charge in [0, 0.05) is 27.2 Å². The third-order valence-corrected chi connectivity index (χ3v) is 5.01. The summed E-state index contributed by atoms with van der Waals surface area (Å²) in [5, 5.41) is 2.61. The number of imidazole rings is 1. The van der Waals surface area contributed by atoms with Crippen molar-refractivity contribution < 1.29 is 14.3 Å². The monoisotopic (exact) mass is 406 g/mol. The summed E-state index contributed by atoms with van der Waals surface area (Å²) < 4.78 is 7.48.